The van der Waals surface area contributed by atoms with Crippen molar-refractivity contribution >= 4 is 22.4 Å². The SMILES string of the molecule is CN=C(NCc1ccc(F)c(CN(C)C)c1)NCc1csc(N(C)C)n1. The Morgan fingerprint density at radius 1 is 1.19 bits per heavy atom. The second-order valence-electron chi connectivity index (χ2n) is 6.46. The van der Waals surface area contributed by atoms with Gasteiger partial charge in [0.1, 0.15) is 5.82 Å². The largest absolute Gasteiger partial charge is 0.354 e. The van der Waals surface area contributed by atoms with Crippen molar-refractivity contribution in [2.75, 3.05) is 40.1 Å². The Hall–Kier alpha value is -2.19. The van der Waals surface area contributed by atoms with E-state index >= 15 is 0 Å². The summed E-state index contributed by atoms with van der Waals surface area (Å²) in [6.07, 6.45) is 0. The van der Waals surface area contributed by atoms with Crippen LogP contribution in [0.5, 0.6) is 0 Å². The lowest BCUT2D eigenvalue weighted by Crippen LogP contribution is -2.36. The summed E-state index contributed by atoms with van der Waals surface area (Å²) < 4.78 is 13.9. The molecule has 142 valence electrons. The first-order valence-electron chi connectivity index (χ1n) is 8.37. The minimum Gasteiger partial charge on any atom is -0.354 e. The van der Waals surface area contributed by atoms with Gasteiger partial charge in [0.2, 0.25) is 0 Å². The molecule has 2 aromatic rings. The van der Waals surface area contributed by atoms with Gasteiger partial charge in [-0.05, 0) is 31.8 Å². The minimum absolute atomic E-state index is 0.176. The summed E-state index contributed by atoms with van der Waals surface area (Å²) in [5.74, 6) is 0.507. The van der Waals surface area contributed by atoms with E-state index in [2.05, 4.69) is 20.6 Å². The molecule has 0 saturated heterocycles. The number of aliphatic imine (C=N–C) groups is 1. The van der Waals surface area contributed by atoms with Crippen LogP contribution < -0.4 is 15.5 Å². The quantitative estimate of drug-likeness (QED) is 0.572. The standard InChI is InChI=1S/C18H27FN6S/c1-20-17(22-10-15-12-26-18(23-15)25(4)5)21-9-13-6-7-16(19)14(8-13)11-24(2)3/h6-8,12H,9-11H2,1-5H3,(H2,20,21,22). The Labute approximate surface area is 158 Å². The Morgan fingerprint density at radius 3 is 2.54 bits per heavy atom. The molecule has 2 N–H and O–H groups in total. The van der Waals surface area contributed by atoms with E-state index in [9.17, 15) is 4.39 Å². The molecule has 8 heteroatoms. The third-order valence-electron chi connectivity index (χ3n) is 3.64. The van der Waals surface area contributed by atoms with E-state index in [1.54, 1.807) is 24.5 Å². The highest BCUT2D eigenvalue weighted by Crippen LogP contribution is 2.17. The van der Waals surface area contributed by atoms with E-state index in [4.69, 9.17) is 0 Å². The lowest BCUT2D eigenvalue weighted by molar-refractivity contribution is 0.392. The zero-order chi connectivity index (χ0) is 19.1. The highest BCUT2D eigenvalue weighted by molar-refractivity contribution is 7.13. The van der Waals surface area contributed by atoms with Gasteiger partial charge in [0.25, 0.3) is 0 Å². The zero-order valence-corrected chi connectivity index (χ0v) is 16.8. The average Bonchev–Trinajstić information content (AvgIpc) is 3.06. The van der Waals surface area contributed by atoms with Crippen LogP contribution in [0.25, 0.3) is 0 Å². The molecule has 0 aliphatic rings. The first kappa shape index (κ1) is 20.1. The molecule has 0 atom stereocenters. The summed E-state index contributed by atoms with van der Waals surface area (Å²) in [6, 6.07) is 5.20. The van der Waals surface area contributed by atoms with Crippen molar-refractivity contribution < 1.29 is 4.39 Å². The van der Waals surface area contributed by atoms with Crippen LogP contribution in [0.2, 0.25) is 0 Å². The number of hydrogen-bond donors (Lipinski definition) is 2. The molecule has 2 rings (SSSR count). The molecular formula is C18H27FN6S. The minimum atomic E-state index is -0.176. The first-order chi connectivity index (χ1) is 12.4. The Morgan fingerprint density at radius 2 is 1.92 bits per heavy atom. The number of nitrogens with zero attached hydrogens (tertiary/aromatic N) is 4. The summed E-state index contributed by atoms with van der Waals surface area (Å²) in [7, 11) is 9.53. The number of aromatic nitrogens is 1. The number of halogens is 1. The molecular weight excluding hydrogens is 351 g/mol. The van der Waals surface area contributed by atoms with Crippen LogP contribution in [-0.4, -0.2) is 51.1 Å². The Balaban J connectivity index is 1.90. The number of rotatable bonds is 7. The van der Waals surface area contributed by atoms with E-state index in [0.29, 0.717) is 31.2 Å². The monoisotopic (exact) mass is 378 g/mol. The van der Waals surface area contributed by atoms with Crippen molar-refractivity contribution in [3.63, 3.8) is 0 Å². The maximum Gasteiger partial charge on any atom is 0.191 e. The summed E-state index contributed by atoms with van der Waals surface area (Å²) >= 11 is 1.61. The van der Waals surface area contributed by atoms with Crippen molar-refractivity contribution in [1.82, 2.24) is 20.5 Å². The van der Waals surface area contributed by atoms with Crippen molar-refractivity contribution in [3.05, 3.63) is 46.2 Å². The molecule has 6 nitrogen and oxygen atoms in total. The second-order valence-corrected chi connectivity index (χ2v) is 7.30. The molecule has 0 radical (unpaired) electrons. The molecule has 0 amide bonds. The number of guanidine groups is 1. The number of thiazole rings is 1. The van der Waals surface area contributed by atoms with Gasteiger partial charge in [0.15, 0.2) is 11.1 Å². The molecule has 0 spiro atoms. The Bertz CT molecular complexity index is 741. The molecule has 26 heavy (non-hydrogen) atoms. The van der Waals surface area contributed by atoms with Crippen LogP contribution in [-0.2, 0) is 19.6 Å². The fourth-order valence-corrected chi connectivity index (χ4v) is 3.12. The summed E-state index contributed by atoms with van der Waals surface area (Å²) in [4.78, 5) is 12.7. The van der Waals surface area contributed by atoms with Crippen molar-refractivity contribution in [1.29, 1.82) is 0 Å². The van der Waals surface area contributed by atoms with E-state index in [1.807, 2.05) is 49.4 Å². The van der Waals surface area contributed by atoms with Crippen LogP contribution in [0.3, 0.4) is 0 Å². The highest BCUT2D eigenvalue weighted by atomic mass is 32.1. The first-order valence-corrected chi connectivity index (χ1v) is 9.25. The van der Waals surface area contributed by atoms with Crippen LogP contribution in [0.15, 0.2) is 28.6 Å². The number of anilines is 1. The fourth-order valence-electron chi connectivity index (χ4n) is 2.36. The van der Waals surface area contributed by atoms with Crippen molar-refractivity contribution in [3.8, 4) is 0 Å². The van der Waals surface area contributed by atoms with Crippen LogP contribution >= 0.6 is 11.3 Å². The van der Waals surface area contributed by atoms with Crippen molar-refractivity contribution in [2.45, 2.75) is 19.6 Å². The predicted molar refractivity (Wildman–Crippen MR) is 107 cm³/mol. The predicted octanol–water partition coefficient (Wildman–Crippen LogP) is 2.28. The smallest absolute Gasteiger partial charge is 0.191 e. The van der Waals surface area contributed by atoms with Gasteiger partial charge >= 0.3 is 0 Å². The third kappa shape index (κ3) is 5.96. The fraction of sp³-hybridized carbons (Fsp3) is 0.444. The Kier molecular flexibility index (Phi) is 7.35. The number of nitrogens with one attached hydrogen (secondary N) is 2. The molecule has 0 aliphatic heterocycles. The second kappa shape index (κ2) is 9.49. The molecule has 0 saturated carbocycles. The van der Waals surface area contributed by atoms with Gasteiger partial charge in [-0.2, -0.15) is 0 Å². The van der Waals surface area contributed by atoms with Gasteiger partial charge in [0.05, 0.1) is 12.2 Å². The van der Waals surface area contributed by atoms with Crippen LogP contribution in [0.4, 0.5) is 9.52 Å². The maximum absolute atomic E-state index is 13.9. The van der Waals surface area contributed by atoms with Crippen LogP contribution in [0.1, 0.15) is 16.8 Å². The van der Waals surface area contributed by atoms with E-state index in [-0.39, 0.29) is 5.82 Å². The van der Waals surface area contributed by atoms with Gasteiger partial charge in [-0.3, -0.25) is 4.99 Å². The molecule has 1 aromatic heterocycles. The zero-order valence-electron chi connectivity index (χ0n) is 16.0. The van der Waals surface area contributed by atoms with Gasteiger partial charge in [-0.25, -0.2) is 9.37 Å². The maximum atomic E-state index is 13.9. The third-order valence-corrected chi connectivity index (χ3v) is 4.70. The van der Waals surface area contributed by atoms with Gasteiger partial charge < -0.3 is 20.4 Å². The molecule has 0 fully saturated rings. The summed E-state index contributed by atoms with van der Waals surface area (Å²) in [5, 5.41) is 9.51. The molecule has 0 unspecified atom stereocenters. The lowest BCUT2D eigenvalue weighted by Gasteiger charge is -2.14. The number of benzene rings is 1. The van der Waals surface area contributed by atoms with Crippen molar-refractivity contribution in [2.24, 2.45) is 4.99 Å². The van der Waals surface area contributed by atoms with E-state index in [1.165, 1.54) is 6.07 Å². The van der Waals surface area contributed by atoms with E-state index < -0.39 is 0 Å². The van der Waals surface area contributed by atoms with Gasteiger partial charge in [-0.1, -0.05) is 6.07 Å². The van der Waals surface area contributed by atoms with Gasteiger partial charge in [0, 0.05) is 45.2 Å². The molecule has 0 aliphatic carbocycles. The molecule has 0 bridgehead atoms. The summed E-state index contributed by atoms with van der Waals surface area (Å²) in [5.41, 5.74) is 2.67. The average molecular weight is 379 g/mol. The topological polar surface area (TPSA) is 55.8 Å². The molecule has 1 heterocycles. The summed E-state index contributed by atoms with van der Waals surface area (Å²) in [6.45, 7) is 1.74. The van der Waals surface area contributed by atoms with Crippen LogP contribution in [0, 0.1) is 5.82 Å². The lowest BCUT2D eigenvalue weighted by atomic mass is 10.1. The normalized spacial score (nSPS) is 11.7. The number of hydrogen-bond acceptors (Lipinski definition) is 5. The molecule has 1 aromatic carbocycles. The van der Waals surface area contributed by atoms with Gasteiger partial charge in [-0.15, -0.1) is 11.3 Å². The van der Waals surface area contributed by atoms with E-state index in [0.717, 1.165) is 16.4 Å². The highest BCUT2D eigenvalue weighted by Gasteiger charge is 2.07.